The Hall–Kier alpha value is -4.51. The Morgan fingerprint density at radius 1 is 1.13 bits per heavy atom. The summed E-state index contributed by atoms with van der Waals surface area (Å²) < 4.78 is 3.29. The summed E-state index contributed by atoms with van der Waals surface area (Å²) in [5.74, 6) is 1.06. The maximum absolute atomic E-state index is 13.2. The smallest absolute Gasteiger partial charge is 0.278 e. The van der Waals surface area contributed by atoms with Crippen LogP contribution in [0.2, 0.25) is 0 Å². The number of carbonyl (C=O) groups excluding carboxylic acids is 1. The molecule has 0 saturated carbocycles. The van der Waals surface area contributed by atoms with Gasteiger partial charge < -0.3 is 20.0 Å². The second kappa shape index (κ2) is 10.7. The maximum atomic E-state index is 13.2. The van der Waals surface area contributed by atoms with E-state index in [1.807, 2.05) is 69.4 Å². The lowest BCUT2D eigenvalue weighted by atomic mass is 10.1. The highest BCUT2D eigenvalue weighted by Crippen LogP contribution is 2.26. The number of aromatic nitrogens is 5. The van der Waals surface area contributed by atoms with Gasteiger partial charge in [0.05, 0.1) is 18.8 Å². The van der Waals surface area contributed by atoms with E-state index in [0.717, 1.165) is 29.2 Å². The van der Waals surface area contributed by atoms with Crippen molar-refractivity contribution >= 4 is 34.3 Å². The van der Waals surface area contributed by atoms with Crippen LogP contribution in [0.1, 0.15) is 11.3 Å². The van der Waals surface area contributed by atoms with Crippen molar-refractivity contribution in [1.82, 2.24) is 34.1 Å². The molecular formula is C28H33N9O2. The lowest BCUT2D eigenvalue weighted by Gasteiger charge is -2.34. The number of anilines is 3. The first-order valence-corrected chi connectivity index (χ1v) is 12.8. The quantitative estimate of drug-likeness (QED) is 0.349. The van der Waals surface area contributed by atoms with Gasteiger partial charge in [0.2, 0.25) is 11.9 Å². The Balaban J connectivity index is 1.50. The van der Waals surface area contributed by atoms with E-state index in [1.165, 1.54) is 0 Å². The number of allylic oxidation sites excluding steroid dienone is 1. The van der Waals surface area contributed by atoms with Crippen LogP contribution in [0, 0.1) is 6.92 Å². The first-order chi connectivity index (χ1) is 18.7. The Bertz CT molecular complexity index is 1600. The summed E-state index contributed by atoms with van der Waals surface area (Å²) in [7, 11) is 5.80. The summed E-state index contributed by atoms with van der Waals surface area (Å²) >= 11 is 0. The predicted molar refractivity (Wildman–Crippen MR) is 153 cm³/mol. The number of pyridine rings is 1. The molecular weight excluding hydrogens is 494 g/mol. The number of carbonyl (C=O) groups is 1. The fraction of sp³-hybridized carbons (Fsp3) is 0.321. The Morgan fingerprint density at radius 2 is 1.95 bits per heavy atom. The van der Waals surface area contributed by atoms with Crippen LogP contribution < -0.4 is 15.8 Å². The molecule has 0 spiro atoms. The van der Waals surface area contributed by atoms with Crippen LogP contribution in [0.4, 0.5) is 17.3 Å². The molecule has 1 fully saturated rings. The molecule has 39 heavy (non-hydrogen) atoms. The normalized spacial score (nSPS) is 13.9. The largest absolute Gasteiger partial charge is 0.360 e. The molecule has 0 aliphatic carbocycles. The monoisotopic (exact) mass is 527 g/mol. The molecule has 0 bridgehead atoms. The lowest BCUT2D eigenvalue weighted by Crippen LogP contribution is -2.48. The molecule has 11 heteroatoms. The van der Waals surface area contributed by atoms with Crippen molar-refractivity contribution < 1.29 is 4.79 Å². The van der Waals surface area contributed by atoms with Crippen LogP contribution in [0.3, 0.4) is 0 Å². The zero-order valence-corrected chi connectivity index (χ0v) is 22.8. The van der Waals surface area contributed by atoms with Gasteiger partial charge in [-0.1, -0.05) is 12.1 Å². The number of fused-ring (bicyclic) bond motifs is 1. The minimum absolute atomic E-state index is 0.112. The van der Waals surface area contributed by atoms with Crippen LogP contribution in [-0.4, -0.2) is 80.8 Å². The highest BCUT2D eigenvalue weighted by molar-refractivity contribution is 5.83. The molecule has 0 unspecified atom stereocenters. The van der Waals surface area contributed by atoms with Gasteiger partial charge in [0, 0.05) is 44.3 Å². The number of hydrogen-bond donors (Lipinski definition) is 1. The third-order valence-corrected chi connectivity index (χ3v) is 6.72. The number of hydrogen-bond acceptors (Lipinski definition) is 8. The van der Waals surface area contributed by atoms with Gasteiger partial charge in [-0.15, -0.1) is 6.58 Å². The molecule has 3 aromatic heterocycles. The minimum atomic E-state index is -0.210. The molecule has 4 heterocycles. The van der Waals surface area contributed by atoms with Gasteiger partial charge in [-0.2, -0.15) is 4.98 Å². The van der Waals surface area contributed by atoms with Gasteiger partial charge in [0.1, 0.15) is 5.39 Å². The van der Waals surface area contributed by atoms with Crippen molar-refractivity contribution in [2.75, 3.05) is 51.0 Å². The highest BCUT2D eigenvalue weighted by atomic mass is 16.2. The van der Waals surface area contributed by atoms with Gasteiger partial charge in [-0.25, -0.2) is 19.3 Å². The van der Waals surface area contributed by atoms with Crippen molar-refractivity contribution in [2.24, 2.45) is 0 Å². The molecule has 1 amide bonds. The van der Waals surface area contributed by atoms with Crippen molar-refractivity contribution in [3.63, 3.8) is 0 Å². The molecule has 1 saturated heterocycles. The van der Waals surface area contributed by atoms with Crippen molar-refractivity contribution in [3.8, 4) is 5.82 Å². The molecule has 1 aromatic carbocycles. The zero-order chi connectivity index (χ0) is 27.7. The molecule has 11 nitrogen and oxygen atoms in total. The number of nitrogens with zero attached hydrogens (tertiary/aromatic N) is 8. The van der Waals surface area contributed by atoms with Gasteiger partial charge in [-0.3, -0.25) is 9.59 Å². The van der Waals surface area contributed by atoms with Gasteiger partial charge >= 0.3 is 0 Å². The summed E-state index contributed by atoms with van der Waals surface area (Å²) in [6.45, 7) is 8.66. The predicted octanol–water partition coefficient (Wildman–Crippen LogP) is 2.56. The first-order valence-electron chi connectivity index (χ1n) is 12.8. The van der Waals surface area contributed by atoms with E-state index in [4.69, 9.17) is 9.97 Å². The number of piperazine rings is 1. The Kier molecular flexibility index (Phi) is 7.16. The molecule has 0 radical (unpaired) electrons. The minimum Gasteiger partial charge on any atom is -0.360 e. The SMILES string of the molecule is C=CCn1c(=O)c2cnc(Nc3ccc(N4CCN(C)C(=O)C4)c(C)c3)nc2n1-c1cccc(CN(C)C)n1. The standard InChI is InChI=1S/C28H33N9O2/c1-6-12-36-27(39)22-16-29-28(32-26(22)37(36)24-9-7-8-21(30-24)17-33(3)4)31-20-10-11-23(19(2)15-20)35-14-13-34(5)25(38)18-35/h6-11,15-16H,1,12-14,17-18H2,2-5H3,(H,29,31,32). The van der Waals surface area contributed by atoms with Crippen LogP contribution in [0.25, 0.3) is 16.9 Å². The van der Waals surface area contributed by atoms with Crippen molar-refractivity contribution in [1.29, 1.82) is 0 Å². The lowest BCUT2D eigenvalue weighted by molar-refractivity contribution is -0.129. The third-order valence-electron chi connectivity index (χ3n) is 6.72. The van der Waals surface area contributed by atoms with E-state index in [2.05, 4.69) is 21.8 Å². The van der Waals surface area contributed by atoms with E-state index >= 15 is 0 Å². The van der Waals surface area contributed by atoms with Crippen LogP contribution in [0.5, 0.6) is 0 Å². The van der Waals surface area contributed by atoms with E-state index < -0.39 is 0 Å². The topological polar surface area (TPSA) is 104 Å². The number of rotatable bonds is 8. The Morgan fingerprint density at radius 3 is 2.67 bits per heavy atom. The summed E-state index contributed by atoms with van der Waals surface area (Å²) in [6, 6.07) is 11.7. The molecule has 1 aliphatic heterocycles. The number of benzene rings is 1. The van der Waals surface area contributed by atoms with E-state index in [0.29, 0.717) is 49.0 Å². The first kappa shape index (κ1) is 26.1. The molecule has 1 aliphatic rings. The zero-order valence-electron chi connectivity index (χ0n) is 22.8. The third kappa shape index (κ3) is 5.26. The summed E-state index contributed by atoms with van der Waals surface area (Å²) in [5.41, 5.74) is 3.99. The van der Waals surface area contributed by atoms with Crippen LogP contribution in [0.15, 0.2) is 60.0 Å². The average molecular weight is 528 g/mol. The average Bonchev–Trinajstić information content (AvgIpc) is 3.16. The summed E-state index contributed by atoms with van der Waals surface area (Å²) in [4.78, 5) is 45.3. The number of amides is 1. The second-order valence-corrected chi connectivity index (χ2v) is 10.0. The second-order valence-electron chi connectivity index (χ2n) is 10.0. The van der Waals surface area contributed by atoms with E-state index in [1.54, 1.807) is 26.5 Å². The van der Waals surface area contributed by atoms with E-state index in [9.17, 15) is 9.59 Å². The van der Waals surface area contributed by atoms with E-state index in [-0.39, 0.29) is 11.5 Å². The fourth-order valence-electron chi connectivity index (χ4n) is 4.79. The van der Waals surface area contributed by atoms with Crippen LogP contribution >= 0.6 is 0 Å². The van der Waals surface area contributed by atoms with Crippen LogP contribution in [-0.2, 0) is 17.9 Å². The summed E-state index contributed by atoms with van der Waals surface area (Å²) in [5, 5.41) is 3.67. The molecule has 1 N–H and O–H groups in total. The molecule has 4 aromatic rings. The molecule has 202 valence electrons. The van der Waals surface area contributed by atoms with Crippen molar-refractivity contribution in [3.05, 3.63) is 76.9 Å². The fourth-order valence-corrected chi connectivity index (χ4v) is 4.79. The summed E-state index contributed by atoms with van der Waals surface area (Å²) in [6.07, 6.45) is 3.22. The van der Waals surface area contributed by atoms with Gasteiger partial charge in [0.15, 0.2) is 11.5 Å². The Labute approximate surface area is 227 Å². The maximum Gasteiger partial charge on any atom is 0.278 e. The van der Waals surface area contributed by atoms with Gasteiger partial charge in [0.25, 0.3) is 5.56 Å². The number of nitrogens with one attached hydrogen (secondary N) is 1. The number of aryl methyl sites for hydroxylation is 1. The molecule has 5 rings (SSSR count). The van der Waals surface area contributed by atoms with Gasteiger partial charge in [-0.05, 0) is 56.9 Å². The highest BCUT2D eigenvalue weighted by Gasteiger charge is 2.22. The molecule has 0 atom stereocenters. The number of likely N-dealkylation sites (N-methyl/N-ethyl adjacent to an activating group) is 1. The van der Waals surface area contributed by atoms with Crippen molar-refractivity contribution in [2.45, 2.75) is 20.0 Å².